The van der Waals surface area contributed by atoms with Gasteiger partial charge in [-0.05, 0) is 34.9 Å². The standard InChI is InChI=1S/C19H20O/c1-2-17-12-19(17)18-10-8-16(9-11-18)14-20-13-15-6-4-3-5-7-15/h2-11,17,19H,1,12-14H2/t17-,19-/m0/s1. The predicted octanol–water partition coefficient (Wildman–Crippen LogP) is 4.69. The van der Waals surface area contributed by atoms with Crippen LogP contribution in [0.25, 0.3) is 0 Å². The summed E-state index contributed by atoms with van der Waals surface area (Å²) in [6, 6.07) is 19.1. The molecule has 1 aliphatic carbocycles. The van der Waals surface area contributed by atoms with Gasteiger partial charge in [-0.25, -0.2) is 0 Å². The Morgan fingerprint density at radius 3 is 2.20 bits per heavy atom. The van der Waals surface area contributed by atoms with Gasteiger partial charge in [0.2, 0.25) is 0 Å². The molecule has 0 unspecified atom stereocenters. The van der Waals surface area contributed by atoms with Gasteiger partial charge in [0.15, 0.2) is 0 Å². The Kier molecular flexibility index (Phi) is 3.98. The molecule has 2 aromatic carbocycles. The highest BCUT2D eigenvalue weighted by Crippen LogP contribution is 2.47. The molecule has 0 amide bonds. The fraction of sp³-hybridized carbons (Fsp3) is 0.263. The number of allylic oxidation sites excluding steroid dienone is 1. The highest BCUT2D eigenvalue weighted by molar-refractivity contribution is 5.30. The summed E-state index contributed by atoms with van der Waals surface area (Å²) in [5, 5.41) is 0. The van der Waals surface area contributed by atoms with E-state index in [1.165, 1.54) is 23.1 Å². The topological polar surface area (TPSA) is 9.23 Å². The summed E-state index contributed by atoms with van der Waals surface area (Å²) in [5.41, 5.74) is 3.89. The van der Waals surface area contributed by atoms with E-state index in [1.54, 1.807) is 0 Å². The first kappa shape index (κ1) is 13.1. The summed E-state index contributed by atoms with van der Waals surface area (Å²) >= 11 is 0. The summed E-state index contributed by atoms with van der Waals surface area (Å²) in [4.78, 5) is 0. The van der Waals surface area contributed by atoms with Crippen molar-refractivity contribution in [1.29, 1.82) is 0 Å². The maximum atomic E-state index is 5.75. The number of rotatable bonds is 6. The fourth-order valence-corrected chi connectivity index (χ4v) is 2.58. The maximum absolute atomic E-state index is 5.75. The van der Waals surface area contributed by atoms with Gasteiger partial charge in [0, 0.05) is 0 Å². The lowest BCUT2D eigenvalue weighted by molar-refractivity contribution is 0.107. The summed E-state index contributed by atoms with van der Waals surface area (Å²) < 4.78 is 5.75. The number of ether oxygens (including phenoxy) is 1. The molecule has 0 heterocycles. The molecular weight excluding hydrogens is 244 g/mol. The minimum absolute atomic E-state index is 0.670. The van der Waals surface area contributed by atoms with E-state index in [-0.39, 0.29) is 0 Å². The van der Waals surface area contributed by atoms with Crippen molar-refractivity contribution >= 4 is 0 Å². The smallest absolute Gasteiger partial charge is 0.0721 e. The fourth-order valence-electron chi connectivity index (χ4n) is 2.58. The van der Waals surface area contributed by atoms with Gasteiger partial charge < -0.3 is 4.74 Å². The van der Waals surface area contributed by atoms with Gasteiger partial charge in [0.05, 0.1) is 13.2 Å². The monoisotopic (exact) mass is 264 g/mol. The van der Waals surface area contributed by atoms with Crippen LogP contribution in [0.1, 0.15) is 29.0 Å². The summed E-state index contributed by atoms with van der Waals surface area (Å²) in [6.07, 6.45) is 3.33. The van der Waals surface area contributed by atoms with E-state index in [0.717, 1.165) is 0 Å². The average molecular weight is 264 g/mol. The molecule has 1 heteroatoms. The zero-order valence-electron chi connectivity index (χ0n) is 11.7. The molecule has 0 aromatic heterocycles. The van der Waals surface area contributed by atoms with Crippen molar-refractivity contribution in [3.05, 3.63) is 83.9 Å². The van der Waals surface area contributed by atoms with Crippen LogP contribution in [0, 0.1) is 5.92 Å². The number of benzene rings is 2. The molecule has 1 nitrogen and oxygen atoms in total. The van der Waals surface area contributed by atoms with Crippen molar-refractivity contribution < 1.29 is 4.74 Å². The van der Waals surface area contributed by atoms with Crippen molar-refractivity contribution in [2.24, 2.45) is 5.92 Å². The first-order valence-corrected chi connectivity index (χ1v) is 7.20. The number of hydrogen-bond acceptors (Lipinski definition) is 1. The lowest BCUT2D eigenvalue weighted by atomic mass is 10.1. The van der Waals surface area contributed by atoms with E-state index in [2.05, 4.69) is 49.1 Å². The molecule has 0 N–H and O–H groups in total. The molecule has 0 saturated heterocycles. The molecule has 1 saturated carbocycles. The summed E-state index contributed by atoms with van der Waals surface area (Å²) in [7, 11) is 0. The van der Waals surface area contributed by atoms with Gasteiger partial charge >= 0.3 is 0 Å². The Bertz CT molecular complexity index is 556. The minimum Gasteiger partial charge on any atom is -0.372 e. The van der Waals surface area contributed by atoms with Crippen LogP contribution in [-0.2, 0) is 18.0 Å². The van der Waals surface area contributed by atoms with E-state index in [1.807, 2.05) is 18.2 Å². The van der Waals surface area contributed by atoms with Crippen molar-refractivity contribution in [3.8, 4) is 0 Å². The lowest BCUT2D eigenvalue weighted by Gasteiger charge is -2.06. The third-order valence-corrected chi connectivity index (χ3v) is 3.93. The first-order chi connectivity index (χ1) is 9.86. The molecule has 0 aliphatic heterocycles. The molecule has 2 atom stereocenters. The van der Waals surface area contributed by atoms with Crippen LogP contribution in [0.2, 0.25) is 0 Å². The van der Waals surface area contributed by atoms with Crippen LogP contribution in [-0.4, -0.2) is 0 Å². The maximum Gasteiger partial charge on any atom is 0.0721 e. The largest absolute Gasteiger partial charge is 0.372 e. The van der Waals surface area contributed by atoms with Gasteiger partial charge in [-0.15, -0.1) is 6.58 Å². The molecule has 0 spiro atoms. The lowest BCUT2D eigenvalue weighted by Crippen LogP contribution is -1.94. The first-order valence-electron chi connectivity index (χ1n) is 7.20. The third-order valence-electron chi connectivity index (χ3n) is 3.93. The van der Waals surface area contributed by atoms with Crippen LogP contribution < -0.4 is 0 Å². The SMILES string of the molecule is C=C[C@H]1C[C@@H]1c1ccc(COCc2ccccc2)cc1. The van der Waals surface area contributed by atoms with Crippen LogP contribution in [0.15, 0.2) is 67.3 Å². The van der Waals surface area contributed by atoms with Gasteiger partial charge in [-0.2, -0.15) is 0 Å². The van der Waals surface area contributed by atoms with Crippen LogP contribution in [0.4, 0.5) is 0 Å². The molecule has 102 valence electrons. The van der Waals surface area contributed by atoms with Crippen molar-refractivity contribution in [2.45, 2.75) is 25.6 Å². The Hall–Kier alpha value is -1.86. The van der Waals surface area contributed by atoms with Crippen molar-refractivity contribution in [2.75, 3.05) is 0 Å². The molecule has 2 aromatic rings. The van der Waals surface area contributed by atoms with E-state index < -0.39 is 0 Å². The van der Waals surface area contributed by atoms with Gasteiger partial charge in [-0.3, -0.25) is 0 Å². The van der Waals surface area contributed by atoms with Crippen LogP contribution in [0.5, 0.6) is 0 Å². The quantitative estimate of drug-likeness (QED) is 0.688. The van der Waals surface area contributed by atoms with E-state index in [9.17, 15) is 0 Å². The van der Waals surface area contributed by atoms with Gasteiger partial charge in [-0.1, -0.05) is 60.7 Å². The van der Waals surface area contributed by atoms with Gasteiger partial charge in [0.25, 0.3) is 0 Å². The molecule has 0 bridgehead atoms. The zero-order valence-corrected chi connectivity index (χ0v) is 11.7. The second-order valence-electron chi connectivity index (χ2n) is 5.46. The molecule has 0 radical (unpaired) electrons. The predicted molar refractivity (Wildman–Crippen MR) is 82.4 cm³/mol. The highest BCUT2D eigenvalue weighted by atomic mass is 16.5. The molecular formula is C19H20O. The van der Waals surface area contributed by atoms with Gasteiger partial charge in [0.1, 0.15) is 0 Å². The molecule has 1 aliphatic rings. The second kappa shape index (κ2) is 6.06. The van der Waals surface area contributed by atoms with E-state index >= 15 is 0 Å². The van der Waals surface area contributed by atoms with Crippen molar-refractivity contribution in [1.82, 2.24) is 0 Å². The third kappa shape index (κ3) is 3.17. The summed E-state index contributed by atoms with van der Waals surface area (Å²) in [6.45, 7) is 5.21. The van der Waals surface area contributed by atoms with E-state index in [4.69, 9.17) is 4.74 Å². The van der Waals surface area contributed by atoms with Crippen LogP contribution >= 0.6 is 0 Å². The van der Waals surface area contributed by atoms with E-state index in [0.29, 0.717) is 25.0 Å². The minimum atomic E-state index is 0.670. The molecule has 20 heavy (non-hydrogen) atoms. The highest BCUT2D eigenvalue weighted by Gasteiger charge is 2.35. The Labute approximate surface area is 120 Å². The number of hydrogen-bond donors (Lipinski definition) is 0. The summed E-state index contributed by atoms with van der Waals surface area (Å²) in [5.74, 6) is 1.39. The average Bonchev–Trinajstić information content (AvgIpc) is 3.29. The normalized spacial score (nSPS) is 20.6. The Balaban J connectivity index is 1.50. The molecule has 3 rings (SSSR count). The zero-order chi connectivity index (χ0) is 13.8. The second-order valence-corrected chi connectivity index (χ2v) is 5.46. The van der Waals surface area contributed by atoms with Crippen molar-refractivity contribution in [3.63, 3.8) is 0 Å². The van der Waals surface area contributed by atoms with Crippen LogP contribution in [0.3, 0.4) is 0 Å². The molecule has 1 fully saturated rings. The Morgan fingerprint density at radius 1 is 0.950 bits per heavy atom. The Morgan fingerprint density at radius 2 is 1.60 bits per heavy atom.